The van der Waals surface area contributed by atoms with Crippen molar-refractivity contribution in [3.05, 3.63) is 0 Å². The van der Waals surface area contributed by atoms with Gasteiger partial charge >= 0.3 is 7.60 Å². The van der Waals surface area contributed by atoms with Crippen LogP contribution in [0.4, 0.5) is 0 Å². The maximum atomic E-state index is 12.4. The Morgan fingerprint density at radius 1 is 1.23 bits per heavy atom. The minimum absolute atomic E-state index is 0.0186. The van der Waals surface area contributed by atoms with Crippen molar-refractivity contribution in [3.8, 4) is 0 Å². The average Bonchev–Trinajstić information content (AvgIpc) is 2.77. The van der Waals surface area contributed by atoms with Gasteiger partial charge in [0.2, 0.25) is 0 Å². The fourth-order valence-corrected chi connectivity index (χ4v) is 5.06. The highest BCUT2D eigenvalue weighted by molar-refractivity contribution is 7.54. The van der Waals surface area contributed by atoms with E-state index in [4.69, 9.17) is 13.5 Å². The van der Waals surface area contributed by atoms with Gasteiger partial charge in [0.05, 0.1) is 0 Å². The van der Waals surface area contributed by atoms with Crippen molar-refractivity contribution >= 4 is 27.5 Å². The maximum absolute atomic E-state index is 12.4. The molecule has 0 N–H and O–H groups in total. The Morgan fingerprint density at radius 2 is 1.77 bits per heavy atom. The van der Waals surface area contributed by atoms with Crippen LogP contribution in [0, 0.1) is 17.8 Å². The summed E-state index contributed by atoms with van der Waals surface area (Å²) in [5.74, 6) is -0.336. The van der Waals surface area contributed by atoms with E-state index >= 15 is 0 Å². The van der Waals surface area contributed by atoms with E-state index in [0.29, 0.717) is 13.0 Å². The van der Waals surface area contributed by atoms with Crippen molar-refractivity contribution in [1.29, 1.82) is 0 Å². The lowest BCUT2D eigenvalue weighted by atomic mass is 9.88. The topological polar surface area (TPSA) is 78.9 Å². The monoisotopic (exact) mass is 406 g/mol. The highest BCUT2D eigenvalue weighted by Crippen LogP contribution is 2.47. The van der Waals surface area contributed by atoms with Gasteiger partial charge in [-0.25, -0.2) is 0 Å². The van der Waals surface area contributed by atoms with E-state index in [1.807, 2.05) is 6.92 Å². The molecule has 0 heterocycles. The van der Waals surface area contributed by atoms with Gasteiger partial charge in [0.15, 0.2) is 8.32 Å². The van der Waals surface area contributed by atoms with E-state index in [9.17, 15) is 14.2 Å². The first-order chi connectivity index (χ1) is 11.8. The highest BCUT2D eigenvalue weighted by atomic mass is 31.2. The molecule has 0 unspecified atom stereocenters. The van der Waals surface area contributed by atoms with Crippen LogP contribution in [-0.2, 0) is 27.6 Å². The molecule has 0 aromatic rings. The van der Waals surface area contributed by atoms with E-state index in [-0.39, 0.29) is 46.9 Å². The third kappa shape index (κ3) is 5.83. The lowest BCUT2D eigenvalue weighted by Crippen LogP contribution is -2.43. The van der Waals surface area contributed by atoms with Gasteiger partial charge < -0.3 is 13.5 Å². The molecule has 1 saturated carbocycles. The van der Waals surface area contributed by atoms with E-state index in [2.05, 4.69) is 33.9 Å². The molecule has 0 bridgehead atoms. The van der Waals surface area contributed by atoms with Crippen molar-refractivity contribution < 1.29 is 27.6 Å². The fourth-order valence-electron chi connectivity index (χ4n) is 3.05. The molecule has 1 fully saturated rings. The molecule has 26 heavy (non-hydrogen) atoms. The summed E-state index contributed by atoms with van der Waals surface area (Å²) in [6, 6.07) is 0. The van der Waals surface area contributed by atoms with Gasteiger partial charge in [-0.05, 0) is 30.0 Å². The minimum atomic E-state index is -3.40. The van der Waals surface area contributed by atoms with Crippen molar-refractivity contribution in [1.82, 2.24) is 0 Å². The molecule has 1 aliphatic carbocycles. The molecule has 1 aliphatic rings. The van der Waals surface area contributed by atoms with Crippen molar-refractivity contribution in [2.24, 2.45) is 17.8 Å². The summed E-state index contributed by atoms with van der Waals surface area (Å²) in [5, 5.41) is 0.0910. The van der Waals surface area contributed by atoms with Crippen LogP contribution in [-0.4, -0.2) is 46.9 Å². The van der Waals surface area contributed by atoms with E-state index in [1.165, 1.54) is 14.2 Å². The molecule has 0 aromatic heterocycles. The summed E-state index contributed by atoms with van der Waals surface area (Å²) in [7, 11) is -2.80. The minimum Gasteiger partial charge on any atom is -0.417 e. The van der Waals surface area contributed by atoms with E-state index in [1.54, 1.807) is 0 Å². The van der Waals surface area contributed by atoms with Gasteiger partial charge in [0.25, 0.3) is 0 Å². The zero-order valence-electron chi connectivity index (χ0n) is 17.5. The van der Waals surface area contributed by atoms with Crippen LogP contribution >= 0.6 is 7.60 Å². The molecule has 0 saturated heterocycles. The molecule has 0 radical (unpaired) electrons. The molecule has 8 heteroatoms. The number of rotatable bonds is 9. The molecule has 3 atom stereocenters. The van der Waals surface area contributed by atoms with Crippen LogP contribution in [0.1, 0.15) is 40.5 Å². The second kappa shape index (κ2) is 8.78. The van der Waals surface area contributed by atoms with Gasteiger partial charge in [-0.3, -0.25) is 14.2 Å². The van der Waals surface area contributed by atoms with Crippen molar-refractivity contribution in [2.45, 2.75) is 58.7 Å². The Kier molecular flexibility index (Phi) is 8.01. The number of ketones is 2. The highest BCUT2D eigenvalue weighted by Gasteiger charge is 2.44. The van der Waals surface area contributed by atoms with Crippen LogP contribution in [0.2, 0.25) is 18.1 Å². The standard InChI is InChI=1S/C18H35O6PSi/c1-13-9-17(20)15(10-14(19)12-25(21,22-5)23-6)16(13)11-24-26(7,8)18(2,3)4/h13,15-16H,9-12H2,1-8H3/t13-,15-,16+/m1/s1. The first-order valence-electron chi connectivity index (χ1n) is 9.15. The van der Waals surface area contributed by atoms with Gasteiger partial charge in [-0.15, -0.1) is 0 Å². The van der Waals surface area contributed by atoms with Gasteiger partial charge in [-0.2, -0.15) is 0 Å². The number of carbonyl (C=O) groups is 2. The molecule has 0 spiro atoms. The second-order valence-electron chi connectivity index (χ2n) is 8.87. The summed E-state index contributed by atoms with van der Waals surface area (Å²) >= 11 is 0. The van der Waals surface area contributed by atoms with Gasteiger partial charge in [-0.1, -0.05) is 27.7 Å². The third-order valence-corrected chi connectivity index (χ3v) is 12.4. The maximum Gasteiger partial charge on any atom is 0.337 e. The Morgan fingerprint density at radius 3 is 2.23 bits per heavy atom. The molecule has 152 valence electrons. The Bertz CT molecular complexity index is 561. The van der Waals surface area contributed by atoms with Crippen LogP contribution < -0.4 is 0 Å². The lowest BCUT2D eigenvalue weighted by molar-refractivity contribution is -0.126. The number of Topliss-reactive ketones (excluding diaryl/α,β-unsaturated/α-hetero) is 2. The molecular formula is C18H35O6PSi. The summed E-state index contributed by atoms with van der Waals surface area (Å²) in [4.78, 5) is 24.8. The molecular weight excluding hydrogens is 371 g/mol. The molecule has 6 nitrogen and oxygen atoms in total. The van der Waals surface area contributed by atoms with Crippen LogP contribution in [0.15, 0.2) is 0 Å². The lowest BCUT2D eigenvalue weighted by Gasteiger charge is -2.38. The molecule has 0 amide bonds. The Hall–Kier alpha value is -0.333. The third-order valence-electron chi connectivity index (χ3n) is 6.00. The fraction of sp³-hybridized carbons (Fsp3) is 0.889. The smallest absolute Gasteiger partial charge is 0.337 e. The SMILES string of the molecule is COP(=O)(CC(=O)C[C@H]1C(=O)C[C@@H](C)[C@@H]1CO[Si](C)(C)C(C)(C)C)OC. The Labute approximate surface area is 159 Å². The predicted molar refractivity (Wildman–Crippen MR) is 105 cm³/mol. The first kappa shape index (κ1) is 23.7. The zero-order chi connectivity index (χ0) is 20.3. The van der Waals surface area contributed by atoms with Crippen molar-refractivity contribution in [3.63, 3.8) is 0 Å². The molecule has 1 rings (SSSR count). The summed E-state index contributed by atoms with van der Waals surface area (Å²) in [6.45, 7) is 13.4. The largest absolute Gasteiger partial charge is 0.417 e. The van der Waals surface area contributed by atoms with Crippen LogP contribution in [0.3, 0.4) is 0 Å². The number of hydrogen-bond donors (Lipinski definition) is 0. The Balaban J connectivity index is 2.80. The van der Waals surface area contributed by atoms with Gasteiger partial charge in [0, 0.05) is 39.6 Å². The zero-order valence-corrected chi connectivity index (χ0v) is 19.4. The molecule has 0 aromatic carbocycles. The predicted octanol–water partition coefficient (Wildman–Crippen LogP) is 4.29. The summed E-state index contributed by atoms with van der Waals surface area (Å²) in [5.41, 5.74) is 0. The van der Waals surface area contributed by atoms with Gasteiger partial charge in [0.1, 0.15) is 17.7 Å². The summed E-state index contributed by atoms with van der Waals surface area (Å²) < 4.78 is 28.2. The first-order valence-corrected chi connectivity index (χ1v) is 13.8. The van der Waals surface area contributed by atoms with Crippen molar-refractivity contribution in [2.75, 3.05) is 27.0 Å². The second-order valence-corrected chi connectivity index (χ2v) is 15.9. The summed E-state index contributed by atoms with van der Waals surface area (Å²) in [6.07, 6.45) is 0.245. The number of carbonyl (C=O) groups excluding carboxylic acids is 2. The van der Waals surface area contributed by atoms with Crippen LogP contribution in [0.5, 0.6) is 0 Å². The van der Waals surface area contributed by atoms with E-state index in [0.717, 1.165) is 0 Å². The molecule has 0 aliphatic heterocycles. The average molecular weight is 407 g/mol. The normalized spacial score (nSPS) is 24.9. The quantitative estimate of drug-likeness (QED) is 0.420. The number of hydrogen-bond acceptors (Lipinski definition) is 6. The van der Waals surface area contributed by atoms with E-state index < -0.39 is 15.9 Å². The van der Waals surface area contributed by atoms with Crippen LogP contribution in [0.25, 0.3) is 0 Å².